The van der Waals surface area contributed by atoms with Crippen molar-refractivity contribution in [3.8, 4) is 0 Å². The zero-order valence-corrected chi connectivity index (χ0v) is 20.8. The normalized spacial score (nSPS) is 15.0. The molecule has 5 unspecified atom stereocenters. The number of nitrogens with two attached hydrogens (primary N) is 3. The fraction of sp³-hybridized carbons (Fsp3) is 0.727. The number of amides is 4. The van der Waals surface area contributed by atoms with Gasteiger partial charge in [0, 0.05) is 12.8 Å². The second-order valence-corrected chi connectivity index (χ2v) is 8.66. The minimum absolute atomic E-state index is 0.0786. The molecule has 0 radical (unpaired) electrons. The maximum Gasteiger partial charge on any atom is 0.326 e. The summed E-state index contributed by atoms with van der Waals surface area (Å²) >= 11 is 0. The topological polar surface area (TPSA) is 257 Å². The summed E-state index contributed by atoms with van der Waals surface area (Å²) in [6.45, 7) is 3.78. The van der Waals surface area contributed by atoms with E-state index in [9.17, 15) is 33.9 Å². The number of carbonyl (C=O) groups is 6. The molecule has 0 rings (SSSR count). The molecule has 0 spiro atoms. The van der Waals surface area contributed by atoms with E-state index >= 15 is 0 Å². The van der Waals surface area contributed by atoms with Crippen LogP contribution in [0.4, 0.5) is 0 Å². The minimum atomic E-state index is -1.34. The smallest absolute Gasteiger partial charge is 0.326 e. The Balaban J connectivity index is 5.61. The summed E-state index contributed by atoms with van der Waals surface area (Å²) in [4.78, 5) is 71.9. The van der Waals surface area contributed by atoms with Crippen LogP contribution in [-0.4, -0.2) is 76.5 Å². The fourth-order valence-corrected chi connectivity index (χ4v) is 3.22. The van der Waals surface area contributed by atoms with E-state index in [2.05, 4.69) is 16.0 Å². The molecule has 0 bridgehead atoms. The highest BCUT2D eigenvalue weighted by Gasteiger charge is 2.32. The van der Waals surface area contributed by atoms with Crippen molar-refractivity contribution in [3.05, 3.63) is 0 Å². The zero-order valence-electron chi connectivity index (χ0n) is 20.8. The molecule has 36 heavy (non-hydrogen) atoms. The summed E-state index contributed by atoms with van der Waals surface area (Å²) in [5, 5.41) is 25.8. The van der Waals surface area contributed by atoms with Gasteiger partial charge in [0.2, 0.25) is 23.6 Å². The Morgan fingerprint density at radius 2 is 1.36 bits per heavy atom. The molecule has 206 valence electrons. The van der Waals surface area contributed by atoms with Gasteiger partial charge in [-0.3, -0.25) is 24.0 Å². The van der Waals surface area contributed by atoms with E-state index < -0.39 is 66.2 Å². The van der Waals surface area contributed by atoms with Gasteiger partial charge < -0.3 is 43.4 Å². The lowest BCUT2D eigenvalue weighted by Gasteiger charge is -2.26. The van der Waals surface area contributed by atoms with Gasteiger partial charge in [-0.05, 0) is 44.6 Å². The van der Waals surface area contributed by atoms with Gasteiger partial charge in [-0.25, -0.2) is 4.79 Å². The first-order valence-electron chi connectivity index (χ1n) is 11.9. The maximum atomic E-state index is 13.0. The number of hydrogen-bond acceptors (Lipinski definition) is 8. The molecule has 0 heterocycles. The first-order valence-corrected chi connectivity index (χ1v) is 11.9. The lowest BCUT2D eigenvalue weighted by Crippen LogP contribution is -2.57. The number of primary amides is 1. The Morgan fingerprint density at radius 1 is 0.806 bits per heavy atom. The minimum Gasteiger partial charge on any atom is -0.481 e. The summed E-state index contributed by atoms with van der Waals surface area (Å²) < 4.78 is 0. The van der Waals surface area contributed by atoms with Crippen molar-refractivity contribution >= 4 is 35.6 Å². The van der Waals surface area contributed by atoms with E-state index in [0.717, 1.165) is 0 Å². The van der Waals surface area contributed by atoms with Crippen LogP contribution in [0.15, 0.2) is 0 Å². The van der Waals surface area contributed by atoms with Crippen molar-refractivity contribution in [3.63, 3.8) is 0 Å². The monoisotopic (exact) mass is 516 g/mol. The van der Waals surface area contributed by atoms with Gasteiger partial charge in [0.1, 0.15) is 18.1 Å². The Bertz CT molecular complexity index is 778. The van der Waals surface area contributed by atoms with E-state index in [0.29, 0.717) is 25.8 Å². The number of rotatable bonds is 19. The van der Waals surface area contributed by atoms with Gasteiger partial charge in [0.05, 0.1) is 6.04 Å². The van der Waals surface area contributed by atoms with Gasteiger partial charge in [0.25, 0.3) is 0 Å². The molecule has 0 aliphatic heterocycles. The first-order chi connectivity index (χ1) is 16.8. The first kappa shape index (κ1) is 32.7. The Labute approximate surface area is 210 Å². The molecule has 0 aliphatic rings. The molecule has 0 aromatic carbocycles. The highest BCUT2D eigenvalue weighted by molar-refractivity contribution is 5.94. The third kappa shape index (κ3) is 13.0. The Kier molecular flexibility index (Phi) is 15.7. The number of carboxylic acids is 2. The summed E-state index contributed by atoms with van der Waals surface area (Å²) in [5.41, 5.74) is 16.3. The molecule has 0 aromatic rings. The third-order valence-corrected chi connectivity index (χ3v) is 5.68. The van der Waals surface area contributed by atoms with Crippen molar-refractivity contribution in [2.75, 3.05) is 6.54 Å². The van der Waals surface area contributed by atoms with Crippen molar-refractivity contribution in [2.24, 2.45) is 23.1 Å². The predicted molar refractivity (Wildman–Crippen MR) is 129 cm³/mol. The number of carbonyl (C=O) groups excluding carboxylic acids is 4. The van der Waals surface area contributed by atoms with E-state index in [-0.39, 0.29) is 31.6 Å². The molecule has 0 aromatic heterocycles. The third-order valence-electron chi connectivity index (χ3n) is 5.68. The molecule has 0 saturated carbocycles. The number of carboxylic acid groups (broad SMARTS) is 2. The fourth-order valence-electron chi connectivity index (χ4n) is 3.22. The largest absolute Gasteiger partial charge is 0.481 e. The summed E-state index contributed by atoms with van der Waals surface area (Å²) in [5.74, 6) is -5.84. The maximum absolute atomic E-state index is 13.0. The molecule has 0 saturated heterocycles. The average Bonchev–Trinajstić information content (AvgIpc) is 2.81. The van der Waals surface area contributed by atoms with Crippen LogP contribution in [0.2, 0.25) is 0 Å². The number of hydrogen-bond donors (Lipinski definition) is 8. The number of aliphatic carboxylic acids is 2. The molecular weight excluding hydrogens is 476 g/mol. The van der Waals surface area contributed by atoms with Crippen LogP contribution in [-0.2, 0) is 28.8 Å². The highest BCUT2D eigenvalue weighted by Crippen LogP contribution is 2.10. The number of unbranched alkanes of at least 4 members (excludes halogenated alkanes) is 1. The van der Waals surface area contributed by atoms with Crippen molar-refractivity contribution in [2.45, 2.75) is 89.4 Å². The second-order valence-electron chi connectivity index (χ2n) is 8.66. The van der Waals surface area contributed by atoms with Crippen LogP contribution < -0.4 is 33.2 Å². The van der Waals surface area contributed by atoms with Crippen molar-refractivity contribution in [1.29, 1.82) is 0 Å². The number of nitrogens with one attached hydrogen (secondary N) is 3. The van der Waals surface area contributed by atoms with Gasteiger partial charge >= 0.3 is 11.9 Å². The van der Waals surface area contributed by atoms with Crippen LogP contribution in [0.3, 0.4) is 0 Å². The van der Waals surface area contributed by atoms with Crippen LogP contribution in [0.25, 0.3) is 0 Å². The summed E-state index contributed by atoms with van der Waals surface area (Å²) in [6, 6.07) is -4.85. The molecule has 11 N–H and O–H groups in total. The van der Waals surface area contributed by atoms with Crippen LogP contribution in [0.1, 0.15) is 65.2 Å². The average molecular weight is 517 g/mol. The highest BCUT2D eigenvalue weighted by atomic mass is 16.4. The van der Waals surface area contributed by atoms with Gasteiger partial charge in [0.15, 0.2) is 0 Å². The SMILES string of the molecule is CCC(C)C(NC(=O)C(CCCCN)NC(=O)C(CCC(=O)O)NC(=O)C(N)CCC(N)=O)C(=O)O. The zero-order chi connectivity index (χ0) is 27.8. The van der Waals surface area contributed by atoms with Gasteiger partial charge in [-0.2, -0.15) is 0 Å². The molecule has 0 aliphatic carbocycles. The van der Waals surface area contributed by atoms with Crippen molar-refractivity contribution in [1.82, 2.24) is 16.0 Å². The lowest BCUT2D eigenvalue weighted by molar-refractivity contribution is -0.144. The van der Waals surface area contributed by atoms with E-state index in [1.165, 1.54) is 0 Å². The Hall–Kier alpha value is -3.26. The van der Waals surface area contributed by atoms with Crippen molar-refractivity contribution < 1.29 is 39.0 Å². The summed E-state index contributed by atoms with van der Waals surface area (Å²) in [7, 11) is 0. The molecular formula is C22H40N6O8. The van der Waals surface area contributed by atoms with Gasteiger partial charge in [-0.1, -0.05) is 20.3 Å². The predicted octanol–water partition coefficient (Wildman–Crippen LogP) is -1.84. The van der Waals surface area contributed by atoms with Gasteiger partial charge in [-0.15, -0.1) is 0 Å². The Morgan fingerprint density at radius 3 is 1.86 bits per heavy atom. The van der Waals surface area contributed by atoms with Crippen LogP contribution >= 0.6 is 0 Å². The molecule has 5 atom stereocenters. The molecule has 4 amide bonds. The molecule has 14 nitrogen and oxygen atoms in total. The van der Waals surface area contributed by atoms with E-state index in [1.54, 1.807) is 13.8 Å². The molecule has 14 heteroatoms. The summed E-state index contributed by atoms with van der Waals surface area (Å²) in [6.07, 6.45) is 0.613. The standard InChI is InChI=1S/C22H40N6O8/c1-3-12(2)18(22(35)36)28-21(34)14(6-4-5-11-23)27-20(33)15(8-10-17(30)31)26-19(32)13(24)7-9-16(25)29/h12-15,18H,3-11,23-24H2,1-2H3,(H2,25,29)(H,26,32)(H,27,33)(H,28,34)(H,30,31)(H,35,36). The molecule has 0 fully saturated rings. The van der Waals surface area contributed by atoms with Crippen LogP contribution in [0.5, 0.6) is 0 Å². The second kappa shape index (κ2) is 17.2. The quantitative estimate of drug-likeness (QED) is 0.0889. The van der Waals surface area contributed by atoms with E-state index in [4.69, 9.17) is 22.3 Å². The van der Waals surface area contributed by atoms with Crippen LogP contribution in [0, 0.1) is 5.92 Å². The lowest BCUT2D eigenvalue weighted by atomic mass is 9.98. The van der Waals surface area contributed by atoms with E-state index in [1.807, 2.05) is 0 Å².